The van der Waals surface area contributed by atoms with Crippen LogP contribution in [0.5, 0.6) is 0 Å². The Morgan fingerprint density at radius 3 is 2.92 bits per heavy atom. The molecule has 6 heteroatoms. The summed E-state index contributed by atoms with van der Waals surface area (Å²) in [4.78, 5) is 21.7. The topological polar surface area (TPSA) is 92.3 Å². The Morgan fingerprint density at radius 2 is 2.38 bits per heavy atom. The highest BCUT2D eigenvalue weighted by Crippen LogP contribution is 1.96. The average molecular weight is 184 g/mol. The Bertz CT molecular complexity index is 293. The van der Waals surface area contributed by atoms with Crippen LogP contribution in [-0.4, -0.2) is 33.8 Å². The maximum atomic E-state index is 11.0. The van der Waals surface area contributed by atoms with Gasteiger partial charge in [-0.25, -0.2) is 4.79 Å². The third kappa shape index (κ3) is 2.68. The Kier molecular flexibility index (Phi) is 3.15. The molecule has 0 unspecified atom stereocenters. The van der Waals surface area contributed by atoms with Crippen molar-refractivity contribution >= 4 is 11.9 Å². The first-order chi connectivity index (χ1) is 6.24. The summed E-state index contributed by atoms with van der Waals surface area (Å²) >= 11 is 0. The summed E-state index contributed by atoms with van der Waals surface area (Å²) in [7, 11) is 0. The summed E-state index contributed by atoms with van der Waals surface area (Å²) in [6.07, 6.45) is 1.17. The van der Waals surface area contributed by atoms with Gasteiger partial charge < -0.3 is 9.84 Å². The molecule has 0 amide bonds. The molecule has 0 aromatic carbocycles. The lowest BCUT2D eigenvalue weighted by Crippen LogP contribution is -2.13. The number of hydrogen-bond acceptors (Lipinski definition) is 5. The van der Waals surface area contributed by atoms with E-state index in [0.29, 0.717) is 0 Å². The Labute approximate surface area is 73.5 Å². The van der Waals surface area contributed by atoms with E-state index in [1.54, 1.807) is 0 Å². The quantitative estimate of drug-likeness (QED) is 0.487. The van der Waals surface area contributed by atoms with Gasteiger partial charge in [0.1, 0.15) is 5.69 Å². The SMILES string of the molecule is O=C(CCO)OC(=O)c1ccn[nH]1. The molecular weight excluding hydrogens is 176 g/mol. The number of rotatable bonds is 3. The molecule has 0 radical (unpaired) electrons. The molecule has 70 valence electrons. The third-order valence-corrected chi connectivity index (χ3v) is 1.24. The van der Waals surface area contributed by atoms with E-state index in [2.05, 4.69) is 14.9 Å². The molecule has 0 saturated heterocycles. The molecular formula is C7H8N2O4. The summed E-state index contributed by atoms with van der Waals surface area (Å²) in [5.74, 6) is -1.56. The molecule has 1 aromatic heterocycles. The molecule has 0 aliphatic carbocycles. The summed E-state index contributed by atoms with van der Waals surface area (Å²) in [6.45, 7) is -0.338. The lowest BCUT2D eigenvalue weighted by molar-refractivity contribution is -0.138. The van der Waals surface area contributed by atoms with E-state index in [-0.39, 0.29) is 18.7 Å². The lowest BCUT2D eigenvalue weighted by atomic mass is 10.4. The lowest BCUT2D eigenvalue weighted by Gasteiger charge is -1.98. The van der Waals surface area contributed by atoms with Gasteiger partial charge in [-0.1, -0.05) is 0 Å². The second-order valence-electron chi connectivity index (χ2n) is 2.21. The van der Waals surface area contributed by atoms with Crippen LogP contribution in [0, 0.1) is 0 Å². The number of nitrogens with one attached hydrogen (secondary N) is 1. The fourth-order valence-electron chi connectivity index (χ4n) is 0.670. The second kappa shape index (κ2) is 4.36. The van der Waals surface area contributed by atoms with Crippen molar-refractivity contribution in [3.05, 3.63) is 18.0 Å². The zero-order valence-electron chi connectivity index (χ0n) is 6.69. The number of carbonyl (C=O) groups is 2. The van der Waals surface area contributed by atoms with Crippen molar-refractivity contribution in [3.63, 3.8) is 0 Å². The first-order valence-corrected chi connectivity index (χ1v) is 3.59. The van der Waals surface area contributed by atoms with Crippen LogP contribution in [0.15, 0.2) is 12.3 Å². The van der Waals surface area contributed by atoms with E-state index in [1.807, 2.05) is 0 Å². The van der Waals surface area contributed by atoms with Gasteiger partial charge in [0.2, 0.25) is 0 Å². The summed E-state index contributed by atoms with van der Waals surface area (Å²) in [5, 5.41) is 14.2. The van der Waals surface area contributed by atoms with Crippen molar-refractivity contribution in [2.24, 2.45) is 0 Å². The first-order valence-electron chi connectivity index (χ1n) is 3.59. The number of aliphatic hydroxyl groups is 1. The molecule has 1 heterocycles. The Balaban J connectivity index is 2.47. The predicted octanol–water partition coefficient (Wildman–Crippen LogP) is -0.525. The molecule has 0 aliphatic heterocycles. The maximum absolute atomic E-state index is 11.0. The van der Waals surface area contributed by atoms with Crippen LogP contribution in [0.3, 0.4) is 0 Å². The number of H-pyrrole nitrogens is 1. The van der Waals surface area contributed by atoms with Crippen LogP contribution in [0.25, 0.3) is 0 Å². The summed E-state index contributed by atoms with van der Waals surface area (Å²) in [6, 6.07) is 1.38. The van der Waals surface area contributed by atoms with Crippen LogP contribution in [0.4, 0.5) is 0 Å². The smallest absolute Gasteiger partial charge is 0.363 e. The minimum Gasteiger partial charge on any atom is -0.396 e. The van der Waals surface area contributed by atoms with Gasteiger partial charge in [-0.3, -0.25) is 9.89 Å². The van der Waals surface area contributed by atoms with Gasteiger partial charge in [-0.15, -0.1) is 0 Å². The second-order valence-corrected chi connectivity index (χ2v) is 2.21. The molecule has 0 fully saturated rings. The normalized spacial score (nSPS) is 9.62. The van der Waals surface area contributed by atoms with Crippen molar-refractivity contribution < 1.29 is 19.4 Å². The summed E-state index contributed by atoms with van der Waals surface area (Å²) < 4.78 is 4.33. The van der Waals surface area contributed by atoms with Gasteiger partial charge in [0.15, 0.2) is 0 Å². The molecule has 6 nitrogen and oxygen atoms in total. The molecule has 13 heavy (non-hydrogen) atoms. The molecule has 2 N–H and O–H groups in total. The fraction of sp³-hybridized carbons (Fsp3) is 0.286. The van der Waals surface area contributed by atoms with Gasteiger partial charge in [-0.2, -0.15) is 5.10 Å². The zero-order valence-corrected chi connectivity index (χ0v) is 6.69. The Hall–Kier alpha value is -1.69. The highest BCUT2D eigenvalue weighted by atomic mass is 16.6. The van der Waals surface area contributed by atoms with Crippen molar-refractivity contribution in [2.75, 3.05) is 6.61 Å². The van der Waals surface area contributed by atoms with Crippen LogP contribution in [0.1, 0.15) is 16.9 Å². The molecule has 1 rings (SSSR count). The number of carbonyl (C=O) groups excluding carboxylic acids is 2. The van der Waals surface area contributed by atoms with E-state index in [4.69, 9.17) is 5.11 Å². The fourth-order valence-corrected chi connectivity index (χ4v) is 0.670. The predicted molar refractivity (Wildman–Crippen MR) is 40.7 cm³/mol. The van der Waals surface area contributed by atoms with Crippen molar-refractivity contribution in [1.29, 1.82) is 0 Å². The standard InChI is InChI=1S/C7H8N2O4/c10-4-2-6(11)13-7(12)5-1-3-8-9-5/h1,3,10H,2,4H2,(H,8,9). The number of nitrogens with zero attached hydrogens (tertiary/aromatic N) is 1. The molecule has 0 spiro atoms. The number of esters is 2. The molecule has 0 saturated carbocycles. The minimum atomic E-state index is -0.795. The van der Waals surface area contributed by atoms with E-state index in [1.165, 1.54) is 12.3 Å². The van der Waals surface area contributed by atoms with E-state index < -0.39 is 11.9 Å². The molecule has 0 bridgehead atoms. The van der Waals surface area contributed by atoms with Crippen molar-refractivity contribution in [2.45, 2.75) is 6.42 Å². The number of ether oxygens (including phenoxy) is 1. The van der Waals surface area contributed by atoms with Crippen LogP contribution < -0.4 is 0 Å². The van der Waals surface area contributed by atoms with E-state index >= 15 is 0 Å². The van der Waals surface area contributed by atoms with Gasteiger partial charge >= 0.3 is 11.9 Å². The molecule has 1 aromatic rings. The van der Waals surface area contributed by atoms with E-state index in [0.717, 1.165) is 0 Å². The van der Waals surface area contributed by atoms with Gasteiger partial charge in [0.25, 0.3) is 0 Å². The molecule has 0 atom stereocenters. The van der Waals surface area contributed by atoms with Crippen LogP contribution in [-0.2, 0) is 9.53 Å². The number of aromatic nitrogens is 2. The van der Waals surface area contributed by atoms with Gasteiger partial charge in [-0.05, 0) is 6.07 Å². The van der Waals surface area contributed by atoms with Crippen LogP contribution in [0.2, 0.25) is 0 Å². The number of aliphatic hydroxyl groups excluding tert-OH is 1. The highest BCUT2D eigenvalue weighted by Gasteiger charge is 2.12. The first kappa shape index (κ1) is 9.40. The maximum Gasteiger partial charge on any atom is 0.363 e. The monoisotopic (exact) mass is 184 g/mol. The Morgan fingerprint density at radius 1 is 1.62 bits per heavy atom. The largest absolute Gasteiger partial charge is 0.396 e. The zero-order chi connectivity index (χ0) is 9.68. The van der Waals surface area contributed by atoms with Crippen LogP contribution >= 0.6 is 0 Å². The van der Waals surface area contributed by atoms with Crippen molar-refractivity contribution in [1.82, 2.24) is 10.2 Å². The van der Waals surface area contributed by atoms with E-state index in [9.17, 15) is 9.59 Å². The number of aromatic amines is 1. The minimum absolute atomic E-state index is 0.103. The molecule has 0 aliphatic rings. The van der Waals surface area contributed by atoms with Gasteiger partial charge in [0.05, 0.1) is 13.0 Å². The average Bonchev–Trinajstić information content (AvgIpc) is 2.55. The van der Waals surface area contributed by atoms with Crippen molar-refractivity contribution in [3.8, 4) is 0 Å². The number of hydrogen-bond donors (Lipinski definition) is 2. The third-order valence-electron chi connectivity index (χ3n) is 1.24. The highest BCUT2D eigenvalue weighted by molar-refractivity contribution is 5.95. The summed E-state index contributed by atoms with van der Waals surface area (Å²) in [5.41, 5.74) is 0.103. The van der Waals surface area contributed by atoms with Gasteiger partial charge in [0, 0.05) is 6.20 Å².